The van der Waals surface area contributed by atoms with Crippen molar-refractivity contribution in [2.75, 3.05) is 24.6 Å². The monoisotopic (exact) mass is 251 g/mol. The third-order valence-electron chi connectivity index (χ3n) is 2.64. The first kappa shape index (κ1) is 14.2. The molecule has 0 bridgehead atoms. The molecule has 0 aromatic carbocycles. The van der Waals surface area contributed by atoms with E-state index in [9.17, 15) is 4.79 Å². The summed E-state index contributed by atoms with van der Waals surface area (Å²) in [5, 5.41) is 5.69. The number of nitrogens with one attached hydrogen (secondary N) is 2. The van der Waals surface area contributed by atoms with Crippen molar-refractivity contribution in [3.8, 4) is 0 Å². The zero-order chi connectivity index (χ0) is 13.7. The van der Waals surface area contributed by atoms with Crippen LogP contribution in [0.5, 0.6) is 0 Å². The number of hydrogen-bond acceptors (Lipinski definition) is 5. The van der Waals surface area contributed by atoms with Gasteiger partial charge in [-0.05, 0) is 6.92 Å². The summed E-state index contributed by atoms with van der Waals surface area (Å²) >= 11 is 0. The van der Waals surface area contributed by atoms with E-state index < -0.39 is 0 Å². The minimum absolute atomic E-state index is 0.00809. The normalized spacial score (nSPS) is 10.5. The molecule has 4 N–H and O–H groups in total. The van der Waals surface area contributed by atoms with Crippen LogP contribution in [0, 0.1) is 6.92 Å². The molecule has 100 valence electrons. The number of amides is 1. The van der Waals surface area contributed by atoms with Crippen LogP contribution in [0.15, 0.2) is 0 Å². The molecule has 1 aromatic rings. The summed E-state index contributed by atoms with van der Waals surface area (Å²) in [6.45, 7) is 6.41. The van der Waals surface area contributed by atoms with Gasteiger partial charge in [-0.2, -0.15) is 0 Å². The molecule has 0 saturated carbocycles. The topological polar surface area (TPSA) is 92.9 Å². The van der Waals surface area contributed by atoms with Crippen molar-refractivity contribution in [1.29, 1.82) is 0 Å². The van der Waals surface area contributed by atoms with Crippen molar-refractivity contribution in [1.82, 2.24) is 15.3 Å². The largest absolute Gasteiger partial charge is 0.383 e. The Hall–Kier alpha value is -1.85. The summed E-state index contributed by atoms with van der Waals surface area (Å²) in [5.41, 5.74) is 6.66. The van der Waals surface area contributed by atoms with Gasteiger partial charge >= 0.3 is 0 Å². The Labute approximate surface area is 107 Å². The predicted molar refractivity (Wildman–Crippen MR) is 72.4 cm³/mol. The molecule has 1 rings (SSSR count). The van der Waals surface area contributed by atoms with E-state index in [0.717, 1.165) is 5.56 Å². The van der Waals surface area contributed by atoms with Crippen molar-refractivity contribution in [2.45, 2.75) is 33.1 Å². The second-order valence-electron chi connectivity index (χ2n) is 4.45. The van der Waals surface area contributed by atoms with Crippen LogP contribution in [0.1, 0.15) is 37.6 Å². The Morgan fingerprint density at radius 2 is 2.06 bits per heavy atom. The highest BCUT2D eigenvalue weighted by Gasteiger charge is 2.11. The van der Waals surface area contributed by atoms with Gasteiger partial charge in [-0.15, -0.1) is 0 Å². The Balaban J connectivity index is 2.78. The lowest BCUT2D eigenvalue weighted by Crippen LogP contribution is -2.21. The van der Waals surface area contributed by atoms with Gasteiger partial charge in [0, 0.05) is 31.5 Å². The number of carbonyl (C=O) groups is 1. The van der Waals surface area contributed by atoms with Crippen molar-refractivity contribution < 1.29 is 4.79 Å². The van der Waals surface area contributed by atoms with Crippen LogP contribution in [0.4, 0.5) is 11.6 Å². The van der Waals surface area contributed by atoms with Gasteiger partial charge in [0.15, 0.2) is 0 Å². The van der Waals surface area contributed by atoms with E-state index in [4.69, 9.17) is 5.73 Å². The van der Waals surface area contributed by atoms with E-state index in [1.165, 1.54) is 0 Å². The van der Waals surface area contributed by atoms with Crippen LogP contribution in [0.3, 0.4) is 0 Å². The zero-order valence-electron chi connectivity index (χ0n) is 11.4. The highest BCUT2D eigenvalue weighted by Crippen LogP contribution is 2.20. The van der Waals surface area contributed by atoms with Crippen LogP contribution in [0.25, 0.3) is 0 Å². The van der Waals surface area contributed by atoms with E-state index in [1.54, 1.807) is 7.05 Å². The summed E-state index contributed by atoms with van der Waals surface area (Å²) in [4.78, 5) is 19.8. The number of carbonyl (C=O) groups excluding carboxylic acids is 1. The molecule has 18 heavy (non-hydrogen) atoms. The maximum atomic E-state index is 11.1. The first-order valence-electron chi connectivity index (χ1n) is 6.04. The van der Waals surface area contributed by atoms with E-state index in [1.807, 2.05) is 20.8 Å². The average molecular weight is 251 g/mol. The number of anilines is 2. The summed E-state index contributed by atoms with van der Waals surface area (Å²) in [7, 11) is 1.62. The molecule has 6 nitrogen and oxygen atoms in total. The van der Waals surface area contributed by atoms with Crippen molar-refractivity contribution in [2.24, 2.45) is 0 Å². The minimum Gasteiger partial charge on any atom is -0.383 e. The SMILES string of the molecule is CNC(=O)CCNc1nc(C(C)C)nc(N)c1C. The van der Waals surface area contributed by atoms with Gasteiger partial charge in [-0.1, -0.05) is 13.8 Å². The van der Waals surface area contributed by atoms with Crippen LogP contribution in [-0.4, -0.2) is 29.5 Å². The molecule has 0 aliphatic carbocycles. The standard InChI is InChI=1S/C12H21N5O/c1-7(2)11-16-10(13)8(3)12(17-11)15-6-5-9(18)14-4/h7H,5-6H2,1-4H3,(H,14,18)(H3,13,15,16,17). The number of nitrogens with two attached hydrogens (primary N) is 1. The van der Waals surface area contributed by atoms with E-state index in [-0.39, 0.29) is 11.8 Å². The molecule has 0 atom stereocenters. The fourth-order valence-electron chi connectivity index (χ4n) is 1.40. The fourth-order valence-corrected chi connectivity index (χ4v) is 1.40. The lowest BCUT2D eigenvalue weighted by Gasteiger charge is -2.13. The third-order valence-corrected chi connectivity index (χ3v) is 2.64. The van der Waals surface area contributed by atoms with Gasteiger partial charge in [-0.25, -0.2) is 9.97 Å². The highest BCUT2D eigenvalue weighted by atomic mass is 16.1. The molecular weight excluding hydrogens is 230 g/mol. The zero-order valence-corrected chi connectivity index (χ0v) is 11.4. The van der Waals surface area contributed by atoms with Gasteiger partial charge in [-0.3, -0.25) is 4.79 Å². The average Bonchev–Trinajstić information content (AvgIpc) is 2.33. The lowest BCUT2D eigenvalue weighted by molar-refractivity contribution is -0.120. The Morgan fingerprint density at radius 3 is 2.61 bits per heavy atom. The minimum atomic E-state index is -0.00809. The van der Waals surface area contributed by atoms with Crippen molar-refractivity contribution in [3.05, 3.63) is 11.4 Å². The first-order chi connectivity index (χ1) is 8.45. The first-order valence-corrected chi connectivity index (χ1v) is 6.04. The van der Waals surface area contributed by atoms with Crippen LogP contribution >= 0.6 is 0 Å². The van der Waals surface area contributed by atoms with Crippen LogP contribution < -0.4 is 16.4 Å². The number of aromatic nitrogens is 2. The van der Waals surface area contributed by atoms with E-state index in [2.05, 4.69) is 20.6 Å². The maximum absolute atomic E-state index is 11.1. The summed E-state index contributed by atoms with van der Waals surface area (Å²) < 4.78 is 0. The Kier molecular flexibility index (Phi) is 4.88. The molecule has 0 saturated heterocycles. The van der Waals surface area contributed by atoms with Crippen molar-refractivity contribution >= 4 is 17.5 Å². The maximum Gasteiger partial charge on any atom is 0.221 e. The number of nitrogen functional groups attached to an aromatic ring is 1. The highest BCUT2D eigenvalue weighted by molar-refractivity contribution is 5.76. The summed E-state index contributed by atoms with van der Waals surface area (Å²) in [6, 6.07) is 0. The molecule has 0 spiro atoms. The molecule has 0 fully saturated rings. The number of rotatable bonds is 5. The second-order valence-corrected chi connectivity index (χ2v) is 4.45. The molecule has 1 aromatic heterocycles. The van der Waals surface area contributed by atoms with Crippen LogP contribution in [-0.2, 0) is 4.79 Å². The van der Waals surface area contributed by atoms with Crippen molar-refractivity contribution in [3.63, 3.8) is 0 Å². The van der Waals surface area contributed by atoms with Gasteiger partial charge in [0.25, 0.3) is 0 Å². The quantitative estimate of drug-likeness (QED) is 0.727. The molecule has 0 unspecified atom stereocenters. The smallest absolute Gasteiger partial charge is 0.221 e. The Bertz CT molecular complexity index is 431. The third kappa shape index (κ3) is 3.58. The van der Waals surface area contributed by atoms with Crippen LogP contribution in [0.2, 0.25) is 0 Å². The fraction of sp³-hybridized carbons (Fsp3) is 0.583. The van der Waals surface area contributed by atoms with Gasteiger partial charge < -0.3 is 16.4 Å². The van der Waals surface area contributed by atoms with E-state index in [0.29, 0.717) is 30.4 Å². The lowest BCUT2D eigenvalue weighted by atomic mass is 10.2. The van der Waals surface area contributed by atoms with E-state index >= 15 is 0 Å². The Morgan fingerprint density at radius 1 is 1.39 bits per heavy atom. The second kappa shape index (κ2) is 6.18. The summed E-state index contributed by atoms with van der Waals surface area (Å²) in [5.74, 6) is 2.10. The van der Waals surface area contributed by atoms with Gasteiger partial charge in [0.2, 0.25) is 5.91 Å². The molecule has 0 aliphatic heterocycles. The molecule has 0 radical (unpaired) electrons. The van der Waals surface area contributed by atoms with Gasteiger partial charge in [0.05, 0.1) is 0 Å². The van der Waals surface area contributed by atoms with Gasteiger partial charge in [0.1, 0.15) is 17.5 Å². The molecule has 6 heteroatoms. The summed E-state index contributed by atoms with van der Waals surface area (Å²) in [6.07, 6.45) is 0.400. The predicted octanol–water partition coefficient (Wildman–Crippen LogP) is 1.04. The molecular formula is C12H21N5O. The molecule has 1 amide bonds. The molecule has 0 aliphatic rings. The molecule has 1 heterocycles. The number of hydrogen-bond donors (Lipinski definition) is 3. The number of nitrogens with zero attached hydrogens (tertiary/aromatic N) is 2.